The summed E-state index contributed by atoms with van der Waals surface area (Å²) in [4.78, 5) is 16.6. The van der Waals surface area contributed by atoms with Crippen LogP contribution < -0.4 is 0 Å². The van der Waals surface area contributed by atoms with Crippen molar-refractivity contribution in [1.82, 2.24) is 0 Å². The minimum atomic E-state index is -4.94. The molecule has 0 aromatic heterocycles. The van der Waals surface area contributed by atoms with Gasteiger partial charge in [0.2, 0.25) is 0 Å². The summed E-state index contributed by atoms with van der Waals surface area (Å²) in [6.45, 7) is 2.04. The van der Waals surface area contributed by atoms with Crippen LogP contribution in [-0.2, 0) is 18.7 Å². The summed E-state index contributed by atoms with van der Waals surface area (Å²) in [6.07, 6.45) is 4.08. The van der Waals surface area contributed by atoms with Crippen molar-refractivity contribution in [3.05, 3.63) is 0 Å². The summed E-state index contributed by atoms with van der Waals surface area (Å²) in [5, 5.41) is 0. The maximum atomic E-state index is 11.0. The highest BCUT2D eigenvalue weighted by Crippen LogP contribution is 2.38. The minimum absolute atomic E-state index is 0.345. The molecule has 0 aliphatic heterocycles. The van der Waals surface area contributed by atoms with Crippen LogP contribution in [0.4, 0.5) is 0 Å². The lowest BCUT2D eigenvalue weighted by Gasteiger charge is -2.05. The molecule has 0 saturated carbocycles. The Kier molecular flexibility index (Phi) is 6.63. The van der Waals surface area contributed by atoms with Crippen molar-refractivity contribution in [2.75, 3.05) is 5.75 Å². The first-order valence-electron chi connectivity index (χ1n) is 4.76. The largest absolute Gasteiger partial charge is 0.484 e. The molecule has 0 aromatic rings. The average Bonchev–Trinajstić information content (AvgIpc) is 1.99. The lowest BCUT2D eigenvalue weighted by Crippen LogP contribution is -2.08. The molecule has 15 heavy (non-hydrogen) atoms. The summed E-state index contributed by atoms with van der Waals surface area (Å²) in [6, 6.07) is 0. The molecule has 0 radical (unpaired) electrons. The number of hydrogen-bond acceptors (Lipinski definition) is 4. The van der Waals surface area contributed by atoms with Crippen LogP contribution in [0.15, 0.2) is 0 Å². The van der Waals surface area contributed by atoms with E-state index >= 15 is 0 Å². The standard InChI is InChI=1S/C7H17O6PS/c1-2-3-4-5-6-7-15(11,12)13-14(8,9)10/h2-7H2,1H3,(H2,8,9,10). The Morgan fingerprint density at radius 3 is 2.13 bits per heavy atom. The quantitative estimate of drug-likeness (QED) is 0.505. The van der Waals surface area contributed by atoms with Crippen molar-refractivity contribution in [3.8, 4) is 0 Å². The highest BCUT2D eigenvalue weighted by Gasteiger charge is 2.24. The van der Waals surface area contributed by atoms with E-state index in [0.717, 1.165) is 25.7 Å². The number of rotatable bonds is 8. The molecule has 0 bridgehead atoms. The highest BCUT2D eigenvalue weighted by molar-refractivity contribution is 7.90. The number of phosphoric acid groups is 1. The summed E-state index contributed by atoms with van der Waals surface area (Å²) < 4.78 is 35.9. The van der Waals surface area contributed by atoms with Crippen molar-refractivity contribution in [2.24, 2.45) is 0 Å². The summed E-state index contributed by atoms with van der Waals surface area (Å²) in [5.74, 6) is -0.345. The first kappa shape index (κ1) is 15.1. The van der Waals surface area contributed by atoms with E-state index in [9.17, 15) is 13.0 Å². The lowest BCUT2D eigenvalue weighted by molar-refractivity contribution is 0.285. The Bertz CT molecular complexity index is 305. The number of hydrogen-bond donors (Lipinski definition) is 2. The van der Waals surface area contributed by atoms with E-state index in [4.69, 9.17) is 9.79 Å². The van der Waals surface area contributed by atoms with Gasteiger partial charge >= 0.3 is 7.82 Å². The summed E-state index contributed by atoms with van der Waals surface area (Å²) in [7, 11) is -9.03. The Hall–Kier alpha value is 0.0600. The fraction of sp³-hybridized carbons (Fsp3) is 1.00. The van der Waals surface area contributed by atoms with Gasteiger partial charge in [0.15, 0.2) is 0 Å². The molecule has 0 fully saturated rings. The first-order valence-corrected chi connectivity index (χ1v) is 7.87. The summed E-state index contributed by atoms with van der Waals surface area (Å²) in [5.41, 5.74) is 0. The van der Waals surface area contributed by atoms with Gasteiger partial charge in [-0.2, -0.15) is 12.4 Å². The van der Waals surface area contributed by atoms with Gasteiger partial charge in [0, 0.05) is 0 Å². The van der Waals surface area contributed by atoms with Crippen LogP contribution >= 0.6 is 7.82 Å². The molecule has 6 nitrogen and oxygen atoms in total. The van der Waals surface area contributed by atoms with Crippen molar-refractivity contribution in [2.45, 2.75) is 39.0 Å². The van der Waals surface area contributed by atoms with E-state index < -0.39 is 17.9 Å². The Labute approximate surface area is 90.0 Å². The average molecular weight is 260 g/mol. The zero-order valence-corrected chi connectivity index (χ0v) is 10.3. The molecule has 0 unspecified atom stereocenters. The zero-order valence-electron chi connectivity index (χ0n) is 8.63. The van der Waals surface area contributed by atoms with E-state index in [2.05, 4.69) is 3.97 Å². The van der Waals surface area contributed by atoms with Gasteiger partial charge in [-0.05, 0) is 6.42 Å². The second-order valence-electron chi connectivity index (χ2n) is 3.24. The maximum absolute atomic E-state index is 11.0. The van der Waals surface area contributed by atoms with E-state index in [1.54, 1.807) is 0 Å². The highest BCUT2D eigenvalue weighted by atomic mass is 32.2. The van der Waals surface area contributed by atoms with Crippen LogP contribution in [0.2, 0.25) is 0 Å². The third-order valence-corrected chi connectivity index (χ3v) is 4.18. The predicted octanol–water partition coefficient (Wildman–Crippen LogP) is 1.40. The maximum Gasteiger partial charge on any atom is 0.484 e. The van der Waals surface area contributed by atoms with Crippen molar-refractivity contribution < 1.29 is 26.7 Å². The molecule has 92 valence electrons. The monoisotopic (exact) mass is 260 g/mol. The van der Waals surface area contributed by atoms with Crippen molar-refractivity contribution >= 4 is 17.9 Å². The smallest absolute Gasteiger partial charge is 0.302 e. The van der Waals surface area contributed by atoms with Gasteiger partial charge in [0.05, 0.1) is 5.75 Å². The molecule has 0 rings (SSSR count). The Morgan fingerprint density at radius 1 is 1.13 bits per heavy atom. The molecule has 0 aliphatic rings. The van der Waals surface area contributed by atoms with Gasteiger partial charge in [0.1, 0.15) is 0 Å². The second-order valence-corrected chi connectivity index (χ2v) is 6.34. The Balaban J connectivity index is 3.81. The van der Waals surface area contributed by atoms with Crippen molar-refractivity contribution in [3.63, 3.8) is 0 Å². The van der Waals surface area contributed by atoms with Crippen LogP contribution in [-0.4, -0.2) is 24.0 Å². The topological polar surface area (TPSA) is 101 Å². The number of unbranched alkanes of at least 4 members (excludes halogenated alkanes) is 4. The molecule has 0 atom stereocenters. The van der Waals surface area contributed by atoms with E-state index in [0.29, 0.717) is 6.42 Å². The molecule has 2 N–H and O–H groups in total. The van der Waals surface area contributed by atoms with Crippen LogP contribution in [0.25, 0.3) is 0 Å². The molecule has 0 amide bonds. The van der Waals surface area contributed by atoms with E-state index in [1.165, 1.54) is 0 Å². The lowest BCUT2D eigenvalue weighted by atomic mass is 10.2. The first-order chi connectivity index (χ1) is 6.77. The van der Waals surface area contributed by atoms with Gasteiger partial charge in [-0.3, -0.25) is 0 Å². The molecular formula is C7H17O6PS. The van der Waals surface area contributed by atoms with Crippen LogP contribution in [0.5, 0.6) is 0 Å². The van der Waals surface area contributed by atoms with Gasteiger partial charge < -0.3 is 9.79 Å². The third kappa shape index (κ3) is 10.3. The molecule has 8 heteroatoms. The molecule has 0 saturated heterocycles. The molecule has 0 aromatic carbocycles. The third-order valence-electron chi connectivity index (χ3n) is 1.71. The fourth-order valence-electron chi connectivity index (χ4n) is 1.07. The SMILES string of the molecule is CCCCCCCS(=O)(=O)OP(=O)(O)O. The molecule has 0 aliphatic carbocycles. The normalized spacial score (nSPS) is 13.0. The van der Waals surface area contributed by atoms with Crippen LogP contribution in [0.1, 0.15) is 39.0 Å². The summed E-state index contributed by atoms with van der Waals surface area (Å²) >= 11 is 0. The molecular weight excluding hydrogens is 243 g/mol. The Morgan fingerprint density at radius 2 is 1.67 bits per heavy atom. The van der Waals surface area contributed by atoms with Crippen LogP contribution in [0.3, 0.4) is 0 Å². The van der Waals surface area contributed by atoms with Gasteiger partial charge in [0.25, 0.3) is 10.1 Å². The fourth-order valence-corrected chi connectivity index (χ4v) is 3.11. The van der Waals surface area contributed by atoms with Crippen molar-refractivity contribution in [1.29, 1.82) is 0 Å². The van der Waals surface area contributed by atoms with Gasteiger partial charge in [-0.15, -0.1) is 0 Å². The van der Waals surface area contributed by atoms with E-state index in [1.807, 2.05) is 6.92 Å². The van der Waals surface area contributed by atoms with Gasteiger partial charge in [-0.25, -0.2) is 4.57 Å². The minimum Gasteiger partial charge on any atom is -0.302 e. The van der Waals surface area contributed by atoms with E-state index in [-0.39, 0.29) is 5.75 Å². The molecule has 0 spiro atoms. The van der Waals surface area contributed by atoms with Crippen LogP contribution in [0, 0.1) is 0 Å². The molecule has 0 heterocycles. The van der Waals surface area contributed by atoms with Gasteiger partial charge in [-0.1, -0.05) is 32.6 Å². The zero-order chi connectivity index (χ0) is 11.9. The predicted molar refractivity (Wildman–Crippen MR) is 55.7 cm³/mol. The second kappa shape index (κ2) is 6.60.